The molecule has 0 unspecified atom stereocenters. The number of fused-ring (bicyclic) bond motifs is 3. The van der Waals surface area contributed by atoms with Crippen molar-refractivity contribution < 1.29 is 4.79 Å². The molecule has 9 heteroatoms. The lowest BCUT2D eigenvalue weighted by Crippen LogP contribution is -2.09. The summed E-state index contributed by atoms with van der Waals surface area (Å²) < 4.78 is 2.00. The number of hydrogen-bond donors (Lipinski definition) is 1. The van der Waals surface area contributed by atoms with Crippen molar-refractivity contribution >= 4 is 60.4 Å². The molecule has 0 spiro atoms. The molecule has 0 aromatic carbocycles. The molecule has 0 saturated carbocycles. The average Bonchev–Trinajstić information content (AvgIpc) is 3.36. The van der Waals surface area contributed by atoms with Crippen molar-refractivity contribution in [2.45, 2.75) is 0 Å². The van der Waals surface area contributed by atoms with Gasteiger partial charge in [-0.1, -0.05) is 0 Å². The fourth-order valence-corrected chi connectivity index (χ4v) is 4.91. The third-order valence-electron chi connectivity index (χ3n) is 3.65. The van der Waals surface area contributed by atoms with Gasteiger partial charge in [-0.05, 0) is 18.2 Å². The van der Waals surface area contributed by atoms with E-state index in [0.29, 0.717) is 10.0 Å². The van der Waals surface area contributed by atoms with Crippen LogP contribution in [0.25, 0.3) is 26.6 Å². The van der Waals surface area contributed by atoms with Gasteiger partial charge in [-0.15, -0.1) is 34.0 Å². The van der Waals surface area contributed by atoms with Gasteiger partial charge < -0.3 is 0 Å². The van der Waals surface area contributed by atoms with Gasteiger partial charge in [0, 0.05) is 34.9 Å². The van der Waals surface area contributed by atoms with Crippen LogP contribution in [0.5, 0.6) is 0 Å². The molecule has 25 heavy (non-hydrogen) atoms. The highest BCUT2D eigenvalue weighted by atomic mass is 32.1. The molecule has 5 rings (SSSR count). The maximum atomic E-state index is 12.5. The van der Waals surface area contributed by atoms with Crippen LogP contribution in [0.3, 0.4) is 0 Å². The summed E-state index contributed by atoms with van der Waals surface area (Å²) in [5.41, 5.74) is 2.69. The fraction of sp³-hybridized carbons (Fsp3) is 0. The number of carbonyl (C=O) groups excluding carboxylic acids is 1. The molecule has 0 aliphatic heterocycles. The van der Waals surface area contributed by atoms with E-state index in [0.717, 1.165) is 26.6 Å². The lowest BCUT2D eigenvalue weighted by molar-refractivity contribution is 0.103. The molecule has 1 N–H and O–H groups in total. The Hall–Kier alpha value is -2.62. The van der Waals surface area contributed by atoms with Crippen LogP contribution >= 0.6 is 34.0 Å². The van der Waals surface area contributed by atoms with Crippen LogP contribution in [0, 0.1) is 0 Å². The van der Waals surface area contributed by atoms with Crippen molar-refractivity contribution in [2.75, 3.05) is 5.32 Å². The van der Waals surface area contributed by atoms with Gasteiger partial charge in [-0.3, -0.25) is 19.5 Å². The van der Waals surface area contributed by atoms with Gasteiger partial charge >= 0.3 is 0 Å². The van der Waals surface area contributed by atoms with E-state index < -0.39 is 0 Å². The second-order valence-corrected chi connectivity index (χ2v) is 7.96. The summed E-state index contributed by atoms with van der Waals surface area (Å²) in [6, 6.07) is 5.67. The SMILES string of the molecule is O=C(Nc1nc(-c2cccnc2)cs1)c1cc2c(nc3sccn32)s1. The van der Waals surface area contributed by atoms with E-state index in [1.54, 1.807) is 23.7 Å². The number of nitrogens with zero attached hydrogens (tertiary/aromatic N) is 4. The zero-order valence-corrected chi connectivity index (χ0v) is 15.0. The van der Waals surface area contributed by atoms with Gasteiger partial charge in [0.25, 0.3) is 5.91 Å². The molecule has 1 amide bonds. The standard InChI is InChI=1S/C16H9N5OS3/c22-13(12-6-11-14(25-12)20-16-21(11)4-5-23-16)19-15-18-10(8-24-15)9-2-1-3-17-7-9/h1-8H,(H,18,19,22). The quantitative estimate of drug-likeness (QED) is 0.502. The predicted molar refractivity (Wildman–Crippen MR) is 102 cm³/mol. The van der Waals surface area contributed by atoms with Crippen LogP contribution in [-0.4, -0.2) is 25.3 Å². The average molecular weight is 383 g/mol. The summed E-state index contributed by atoms with van der Waals surface area (Å²) in [6.45, 7) is 0. The van der Waals surface area contributed by atoms with Crippen LogP contribution < -0.4 is 5.32 Å². The molecule has 122 valence electrons. The Morgan fingerprint density at radius 2 is 2.20 bits per heavy atom. The molecule has 0 bridgehead atoms. The molecule has 0 atom stereocenters. The minimum absolute atomic E-state index is 0.168. The summed E-state index contributed by atoms with van der Waals surface area (Å²) in [5, 5.41) is 7.32. The summed E-state index contributed by atoms with van der Waals surface area (Å²) in [4.78, 5) is 28.0. The minimum Gasteiger partial charge on any atom is -0.297 e. The Bertz CT molecular complexity index is 1200. The number of thiophene rings is 1. The molecule has 0 aliphatic carbocycles. The van der Waals surface area contributed by atoms with Crippen LogP contribution in [-0.2, 0) is 0 Å². The van der Waals surface area contributed by atoms with Crippen LogP contribution in [0.15, 0.2) is 47.5 Å². The van der Waals surface area contributed by atoms with Crippen molar-refractivity contribution in [1.82, 2.24) is 19.4 Å². The summed E-state index contributed by atoms with van der Waals surface area (Å²) >= 11 is 4.36. The molecule has 0 saturated heterocycles. The van der Waals surface area contributed by atoms with Gasteiger partial charge in [-0.2, -0.15) is 0 Å². The third kappa shape index (κ3) is 2.53. The second-order valence-electron chi connectivity index (χ2n) is 5.20. The smallest absolute Gasteiger partial charge is 0.267 e. The Labute approximate surface area is 153 Å². The number of anilines is 1. The Balaban J connectivity index is 1.41. The number of aromatic nitrogens is 4. The van der Waals surface area contributed by atoms with Crippen LogP contribution in [0.4, 0.5) is 5.13 Å². The maximum absolute atomic E-state index is 12.5. The highest BCUT2D eigenvalue weighted by Crippen LogP contribution is 2.29. The zero-order chi connectivity index (χ0) is 16.8. The van der Waals surface area contributed by atoms with Crippen molar-refractivity contribution in [3.05, 3.63) is 52.4 Å². The lowest BCUT2D eigenvalue weighted by Gasteiger charge is -1.98. The van der Waals surface area contributed by atoms with Gasteiger partial charge in [0.15, 0.2) is 10.1 Å². The van der Waals surface area contributed by atoms with Crippen LogP contribution in [0.2, 0.25) is 0 Å². The first-order valence-corrected chi connectivity index (χ1v) is 9.88. The minimum atomic E-state index is -0.168. The molecule has 0 aliphatic rings. The first-order chi connectivity index (χ1) is 12.3. The van der Waals surface area contributed by atoms with E-state index in [1.165, 1.54) is 22.7 Å². The Morgan fingerprint density at radius 1 is 1.24 bits per heavy atom. The number of thiazole rings is 2. The predicted octanol–water partition coefficient (Wildman–Crippen LogP) is 4.38. The molecule has 0 fully saturated rings. The molecule has 0 radical (unpaired) electrons. The topological polar surface area (TPSA) is 72.2 Å². The largest absolute Gasteiger partial charge is 0.297 e. The van der Waals surface area contributed by atoms with E-state index in [-0.39, 0.29) is 5.91 Å². The Morgan fingerprint density at radius 3 is 3.08 bits per heavy atom. The first kappa shape index (κ1) is 14.7. The molecule has 5 aromatic heterocycles. The van der Waals surface area contributed by atoms with E-state index >= 15 is 0 Å². The number of imidazole rings is 1. The number of carbonyl (C=O) groups is 1. The van der Waals surface area contributed by atoms with Crippen molar-refractivity contribution in [3.8, 4) is 11.3 Å². The normalized spacial score (nSPS) is 11.4. The highest BCUT2D eigenvalue weighted by Gasteiger charge is 2.16. The highest BCUT2D eigenvalue weighted by molar-refractivity contribution is 7.21. The number of pyridine rings is 1. The van der Waals surface area contributed by atoms with Gasteiger partial charge in [0.05, 0.1) is 16.1 Å². The summed E-state index contributed by atoms with van der Waals surface area (Å²) in [6.07, 6.45) is 5.43. The number of hydrogen-bond acceptors (Lipinski definition) is 7. The Kier molecular flexibility index (Phi) is 3.37. The number of rotatable bonds is 3. The lowest BCUT2D eigenvalue weighted by atomic mass is 10.2. The number of nitrogens with one attached hydrogen (secondary N) is 1. The van der Waals surface area contributed by atoms with E-state index in [9.17, 15) is 4.79 Å². The maximum Gasteiger partial charge on any atom is 0.267 e. The monoisotopic (exact) mass is 383 g/mol. The first-order valence-electron chi connectivity index (χ1n) is 7.30. The molecule has 6 nitrogen and oxygen atoms in total. The third-order valence-corrected chi connectivity index (χ3v) is 6.18. The van der Waals surface area contributed by atoms with E-state index in [1.807, 2.05) is 39.6 Å². The number of amides is 1. The molecular weight excluding hydrogens is 374 g/mol. The van der Waals surface area contributed by atoms with E-state index in [4.69, 9.17) is 0 Å². The molecule has 5 aromatic rings. The van der Waals surface area contributed by atoms with Crippen molar-refractivity contribution in [1.29, 1.82) is 0 Å². The van der Waals surface area contributed by atoms with Gasteiger partial charge in [0.1, 0.15) is 4.83 Å². The van der Waals surface area contributed by atoms with Crippen molar-refractivity contribution in [2.24, 2.45) is 0 Å². The van der Waals surface area contributed by atoms with Crippen LogP contribution in [0.1, 0.15) is 9.67 Å². The van der Waals surface area contributed by atoms with E-state index in [2.05, 4.69) is 20.3 Å². The molecule has 5 heterocycles. The fourth-order valence-electron chi connectivity index (χ4n) is 2.50. The summed E-state index contributed by atoms with van der Waals surface area (Å²) in [5.74, 6) is -0.168. The second kappa shape index (κ2) is 5.73. The van der Waals surface area contributed by atoms with Gasteiger partial charge in [0.2, 0.25) is 0 Å². The zero-order valence-electron chi connectivity index (χ0n) is 12.5. The van der Waals surface area contributed by atoms with Crippen molar-refractivity contribution in [3.63, 3.8) is 0 Å². The summed E-state index contributed by atoms with van der Waals surface area (Å²) in [7, 11) is 0. The molecular formula is C16H9N5OS3. The van der Waals surface area contributed by atoms with Gasteiger partial charge in [-0.25, -0.2) is 9.97 Å².